The molecule has 196 valence electrons. The lowest BCUT2D eigenvalue weighted by molar-refractivity contribution is 0.0205. The smallest absolute Gasteiger partial charge is 0.410 e. The quantitative estimate of drug-likeness (QED) is 0.479. The van der Waals surface area contributed by atoms with Crippen molar-refractivity contribution in [3.63, 3.8) is 0 Å². The van der Waals surface area contributed by atoms with Crippen molar-refractivity contribution < 1.29 is 14.6 Å². The van der Waals surface area contributed by atoms with Crippen LogP contribution >= 0.6 is 0 Å². The Labute approximate surface area is 214 Å². The molecule has 1 saturated heterocycles. The molecule has 0 spiro atoms. The normalized spacial score (nSPS) is 21.2. The van der Waals surface area contributed by atoms with E-state index >= 15 is 0 Å². The number of carbonyl (C=O) groups is 1. The average Bonchev–Trinajstić information content (AvgIpc) is 2.85. The summed E-state index contributed by atoms with van der Waals surface area (Å²) in [6, 6.07) is 8.82. The minimum absolute atomic E-state index is 0.173. The van der Waals surface area contributed by atoms with E-state index in [2.05, 4.69) is 46.8 Å². The molecule has 1 saturated carbocycles. The van der Waals surface area contributed by atoms with Crippen molar-refractivity contribution >= 4 is 23.4 Å². The number of carbonyl (C=O) groups excluding carboxylic acids is 1. The van der Waals surface area contributed by atoms with Gasteiger partial charge in [0.2, 0.25) is 0 Å². The van der Waals surface area contributed by atoms with Crippen LogP contribution in [0.5, 0.6) is 0 Å². The molecule has 2 fully saturated rings. The molecule has 1 amide bonds. The Morgan fingerprint density at radius 2 is 1.75 bits per heavy atom. The number of rotatable bonds is 6. The second-order valence-electron chi connectivity index (χ2n) is 11.0. The summed E-state index contributed by atoms with van der Waals surface area (Å²) < 4.78 is 5.51. The van der Waals surface area contributed by atoms with Crippen LogP contribution in [0.2, 0.25) is 0 Å². The number of aliphatic hydroxyl groups is 1. The van der Waals surface area contributed by atoms with Crippen LogP contribution in [-0.2, 0) is 11.2 Å². The summed E-state index contributed by atoms with van der Waals surface area (Å²) in [6.07, 6.45) is 7.63. The molecule has 0 radical (unpaired) electrons. The summed E-state index contributed by atoms with van der Waals surface area (Å²) in [5.74, 6) is 1.98. The Kier molecular flexibility index (Phi) is 8.34. The zero-order chi connectivity index (χ0) is 25.7. The van der Waals surface area contributed by atoms with Gasteiger partial charge >= 0.3 is 6.09 Å². The molecule has 0 bridgehead atoms. The number of hydrogen-bond acceptors (Lipinski definition) is 7. The van der Waals surface area contributed by atoms with E-state index in [0.29, 0.717) is 30.9 Å². The van der Waals surface area contributed by atoms with Crippen molar-refractivity contribution in [1.82, 2.24) is 14.9 Å². The predicted molar refractivity (Wildman–Crippen MR) is 143 cm³/mol. The molecule has 1 aromatic heterocycles. The fraction of sp³-hybridized carbons (Fsp3) is 0.607. The van der Waals surface area contributed by atoms with Gasteiger partial charge in [0.05, 0.1) is 18.0 Å². The number of anilines is 3. The highest BCUT2D eigenvalue weighted by molar-refractivity contribution is 5.68. The summed E-state index contributed by atoms with van der Waals surface area (Å²) in [5, 5.41) is 16.7. The average molecular weight is 496 g/mol. The molecule has 2 aromatic rings. The van der Waals surface area contributed by atoms with Crippen molar-refractivity contribution in [2.24, 2.45) is 0 Å². The molecule has 1 aliphatic carbocycles. The molecule has 0 atom stereocenters. The van der Waals surface area contributed by atoms with Gasteiger partial charge in [-0.1, -0.05) is 19.1 Å². The molecule has 2 aliphatic rings. The van der Waals surface area contributed by atoms with Gasteiger partial charge in [-0.25, -0.2) is 9.78 Å². The third-order valence-electron chi connectivity index (χ3n) is 7.02. The monoisotopic (exact) mass is 495 g/mol. The molecule has 8 heteroatoms. The highest BCUT2D eigenvalue weighted by atomic mass is 16.6. The molecule has 1 aliphatic heterocycles. The summed E-state index contributed by atoms with van der Waals surface area (Å²) in [4.78, 5) is 23.6. The lowest BCUT2D eigenvalue weighted by atomic mass is 9.89. The Hall–Kier alpha value is -2.87. The van der Waals surface area contributed by atoms with Gasteiger partial charge in [0.1, 0.15) is 11.4 Å². The lowest BCUT2D eigenvalue weighted by Crippen LogP contribution is -2.41. The number of ether oxygens (including phenoxy) is 1. The maximum Gasteiger partial charge on any atom is 0.410 e. The molecule has 0 unspecified atom stereocenters. The van der Waals surface area contributed by atoms with Crippen LogP contribution < -0.4 is 10.6 Å². The minimum atomic E-state index is -0.464. The van der Waals surface area contributed by atoms with E-state index in [-0.39, 0.29) is 12.2 Å². The zero-order valence-corrected chi connectivity index (χ0v) is 22.1. The first kappa shape index (κ1) is 26.2. The SMILES string of the molecule is CCc1ncc(Nc2ccc(C3CCN(C(=O)OC(C)(C)C)CC3)cc2)nc1N[C@H]1CC[C@H](O)CC1. The number of likely N-dealkylation sites (tertiary alicyclic amines) is 1. The van der Waals surface area contributed by atoms with E-state index in [1.165, 1.54) is 5.56 Å². The lowest BCUT2D eigenvalue weighted by Gasteiger charge is -2.33. The van der Waals surface area contributed by atoms with E-state index in [9.17, 15) is 9.90 Å². The van der Waals surface area contributed by atoms with Crippen molar-refractivity contribution in [2.75, 3.05) is 23.7 Å². The Morgan fingerprint density at radius 1 is 1.08 bits per heavy atom. The number of benzene rings is 1. The fourth-order valence-corrected chi connectivity index (χ4v) is 4.97. The zero-order valence-electron chi connectivity index (χ0n) is 22.1. The Morgan fingerprint density at radius 3 is 2.36 bits per heavy atom. The fourth-order valence-electron chi connectivity index (χ4n) is 4.97. The van der Waals surface area contributed by atoms with Crippen LogP contribution in [0, 0.1) is 0 Å². The van der Waals surface area contributed by atoms with Crippen LogP contribution in [0.3, 0.4) is 0 Å². The third kappa shape index (κ3) is 7.09. The van der Waals surface area contributed by atoms with Crippen LogP contribution in [0.1, 0.15) is 83.4 Å². The molecular weight excluding hydrogens is 454 g/mol. The summed E-state index contributed by atoms with van der Waals surface area (Å²) >= 11 is 0. The maximum atomic E-state index is 12.3. The summed E-state index contributed by atoms with van der Waals surface area (Å²) in [7, 11) is 0. The number of hydrogen-bond donors (Lipinski definition) is 3. The highest BCUT2D eigenvalue weighted by Crippen LogP contribution is 2.30. The minimum Gasteiger partial charge on any atom is -0.444 e. The van der Waals surface area contributed by atoms with E-state index in [1.807, 2.05) is 25.7 Å². The Bertz CT molecular complexity index is 1000. The van der Waals surface area contributed by atoms with Crippen LogP contribution in [-0.4, -0.2) is 56.9 Å². The molecule has 2 heterocycles. The third-order valence-corrected chi connectivity index (χ3v) is 7.02. The molecule has 4 rings (SSSR count). The largest absolute Gasteiger partial charge is 0.444 e. The maximum absolute atomic E-state index is 12.3. The first-order chi connectivity index (χ1) is 17.2. The predicted octanol–water partition coefficient (Wildman–Crippen LogP) is 5.61. The van der Waals surface area contributed by atoms with E-state index in [1.54, 1.807) is 6.20 Å². The number of aromatic nitrogens is 2. The van der Waals surface area contributed by atoms with Crippen molar-refractivity contribution in [2.45, 2.75) is 96.3 Å². The van der Waals surface area contributed by atoms with Crippen molar-refractivity contribution in [3.05, 3.63) is 41.7 Å². The second-order valence-corrected chi connectivity index (χ2v) is 11.0. The standard InChI is InChI=1S/C28H41N5O3/c1-5-24-26(31-22-10-12-23(34)13-11-22)32-25(18-29-24)30-21-8-6-19(7-9-21)20-14-16-33(17-15-20)27(35)36-28(2,3)4/h6-9,18,20,22-23,34H,5,10-17H2,1-4H3,(H2,30,31,32)/t22-,23-. The topological polar surface area (TPSA) is 99.6 Å². The number of aryl methyl sites for hydroxylation is 1. The number of nitrogens with zero attached hydrogens (tertiary/aromatic N) is 3. The van der Waals surface area contributed by atoms with Gasteiger partial charge in [0.15, 0.2) is 5.82 Å². The Balaban J connectivity index is 1.33. The highest BCUT2D eigenvalue weighted by Gasteiger charge is 2.27. The molecule has 8 nitrogen and oxygen atoms in total. The summed E-state index contributed by atoms with van der Waals surface area (Å²) in [6.45, 7) is 9.22. The van der Waals surface area contributed by atoms with Crippen molar-refractivity contribution in [1.29, 1.82) is 0 Å². The van der Waals surface area contributed by atoms with Gasteiger partial charge in [-0.2, -0.15) is 0 Å². The first-order valence-electron chi connectivity index (χ1n) is 13.4. The van der Waals surface area contributed by atoms with E-state index in [0.717, 1.165) is 62.1 Å². The number of nitrogens with one attached hydrogen (secondary N) is 2. The van der Waals surface area contributed by atoms with Gasteiger partial charge in [0, 0.05) is 24.8 Å². The first-order valence-corrected chi connectivity index (χ1v) is 13.4. The molecule has 3 N–H and O–H groups in total. The molecule has 1 aromatic carbocycles. The van der Waals surface area contributed by atoms with Crippen LogP contribution in [0.25, 0.3) is 0 Å². The van der Waals surface area contributed by atoms with Crippen LogP contribution in [0.15, 0.2) is 30.5 Å². The van der Waals surface area contributed by atoms with Gasteiger partial charge in [0.25, 0.3) is 0 Å². The van der Waals surface area contributed by atoms with Crippen LogP contribution in [0.4, 0.5) is 22.1 Å². The number of piperidine rings is 1. The molecular formula is C28H41N5O3. The van der Waals surface area contributed by atoms with E-state index < -0.39 is 5.60 Å². The summed E-state index contributed by atoms with van der Waals surface area (Å²) in [5.41, 5.74) is 2.75. The number of amides is 1. The van der Waals surface area contributed by atoms with Crippen molar-refractivity contribution in [3.8, 4) is 0 Å². The van der Waals surface area contributed by atoms with Gasteiger partial charge in [-0.05, 0) is 89.3 Å². The van der Waals surface area contributed by atoms with Gasteiger partial charge in [-0.3, -0.25) is 4.98 Å². The number of aliphatic hydroxyl groups excluding tert-OH is 1. The van der Waals surface area contributed by atoms with Gasteiger partial charge < -0.3 is 25.4 Å². The molecule has 36 heavy (non-hydrogen) atoms. The second kappa shape index (κ2) is 11.5. The van der Waals surface area contributed by atoms with Gasteiger partial charge in [-0.15, -0.1) is 0 Å². The van der Waals surface area contributed by atoms with E-state index in [4.69, 9.17) is 9.72 Å².